The molecule has 0 aromatic carbocycles. The molecule has 0 fully saturated rings. The van der Waals surface area contributed by atoms with Gasteiger partial charge in [-0.2, -0.15) is 12.6 Å². The molecule has 0 N–H and O–H groups in total. The second-order valence-electron chi connectivity index (χ2n) is 3.73. The molecule has 96 valence electrons. The molecule has 1 atom stereocenters. The van der Waals surface area contributed by atoms with Crippen molar-refractivity contribution in [2.24, 2.45) is 0 Å². The normalized spacial score (nSPS) is 14.3. The Morgan fingerprint density at radius 1 is 1.11 bits per heavy atom. The lowest BCUT2D eigenvalue weighted by Gasteiger charge is -2.08. The number of allylic oxidation sites excluding steroid dienone is 9. The second-order valence-corrected chi connectivity index (χ2v) is 4.40. The van der Waals surface area contributed by atoms with E-state index in [1.165, 1.54) is 0 Å². The predicted octanol–water partition coefficient (Wildman–Crippen LogP) is 5.22. The first-order valence-electron chi connectivity index (χ1n) is 5.94. The van der Waals surface area contributed by atoms with E-state index in [0.29, 0.717) is 0 Å². The molecule has 0 aromatic rings. The molecule has 0 spiro atoms. The minimum Gasteiger partial charge on any atom is -0.172 e. The number of rotatable bonds is 8. The number of hydrogen-bond donors (Lipinski definition) is 1. The molecule has 0 amide bonds. The van der Waals surface area contributed by atoms with Crippen LogP contribution in [0, 0.1) is 0 Å². The first-order chi connectivity index (χ1) is 8.60. The average Bonchev–Trinajstić information content (AvgIpc) is 2.39. The van der Waals surface area contributed by atoms with Crippen molar-refractivity contribution in [3.63, 3.8) is 0 Å². The van der Waals surface area contributed by atoms with Crippen molar-refractivity contribution in [1.29, 1.82) is 0 Å². The van der Waals surface area contributed by atoms with Crippen LogP contribution >= 0.6 is 12.6 Å². The van der Waals surface area contributed by atoms with Crippen LogP contribution in [0.1, 0.15) is 13.3 Å². The molecule has 0 heterocycles. The molecule has 0 bridgehead atoms. The molecule has 0 aliphatic carbocycles. The van der Waals surface area contributed by atoms with Crippen molar-refractivity contribution in [2.75, 3.05) is 0 Å². The molecule has 0 rings (SSSR count). The van der Waals surface area contributed by atoms with Crippen molar-refractivity contribution in [1.82, 2.24) is 0 Å². The van der Waals surface area contributed by atoms with Crippen LogP contribution in [0.4, 0.5) is 0 Å². The van der Waals surface area contributed by atoms with Gasteiger partial charge in [0.05, 0.1) is 0 Å². The van der Waals surface area contributed by atoms with E-state index >= 15 is 0 Å². The van der Waals surface area contributed by atoms with E-state index in [-0.39, 0.29) is 5.25 Å². The lowest BCUT2D eigenvalue weighted by molar-refractivity contribution is 0.983. The summed E-state index contributed by atoms with van der Waals surface area (Å²) >= 11 is 4.44. The maximum Gasteiger partial charge on any atom is 0.0197 e. The van der Waals surface area contributed by atoms with E-state index < -0.39 is 0 Å². The van der Waals surface area contributed by atoms with Crippen LogP contribution in [0.3, 0.4) is 0 Å². The van der Waals surface area contributed by atoms with Crippen LogP contribution in [-0.2, 0) is 0 Å². The molecule has 0 aliphatic rings. The Morgan fingerprint density at radius 3 is 2.11 bits per heavy atom. The highest BCUT2D eigenvalue weighted by Crippen LogP contribution is 2.21. The standard InChI is InChI=1S/C17H22S/c1-6-10-15(8-3)14(5)16(11-7-2)12-13-17(18)9-4/h6-8,10-13,17-18H,1-3,5,9H2,4H3/b13-12-,15-10+,16-11+/t17-/m0/s1. The quantitative estimate of drug-likeness (QED) is 0.448. The Labute approximate surface area is 117 Å². The second kappa shape index (κ2) is 9.55. The van der Waals surface area contributed by atoms with E-state index in [1.807, 2.05) is 18.2 Å². The topological polar surface area (TPSA) is 0 Å². The first-order valence-corrected chi connectivity index (χ1v) is 6.46. The molecule has 0 saturated heterocycles. The highest BCUT2D eigenvalue weighted by Gasteiger charge is 2.02. The summed E-state index contributed by atoms with van der Waals surface area (Å²) in [5.41, 5.74) is 2.86. The Morgan fingerprint density at radius 2 is 1.67 bits per heavy atom. The summed E-state index contributed by atoms with van der Waals surface area (Å²) in [6, 6.07) is 0. The van der Waals surface area contributed by atoms with Gasteiger partial charge >= 0.3 is 0 Å². The van der Waals surface area contributed by atoms with Crippen molar-refractivity contribution in [3.8, 4) is 0 Å². The molecule has 0 aromatic heterocycles. The van der Waals surface area contributed by atoms with Gasteiger partial charge in [0.25, 0.3) is 0 Å². The molecule has 0 radical (unpaired) electrons. The fraction of sp³-hybridized carbons (Fsp3) is 0.176. The van der Waals surface area contributed by atoms with Crippen LogP contribution in [-0.4, -0.2) is 5.25 Å². The van der Waals surface area contributed by atoms with Crippen LogP contribution in [0.15, 0.2) is 85.6 Å². The first kappa shape index (κ1) is 16.5. The van der Waals surface area contributed by atoms with Crippen molar-refractivity contribution in [2.45, 2.75) is 18.6 Å². The van der Waals surface area contributed by atoms with Gasteiger partial charge in [0, 0.05) is 5.25 Å². The summed E-state index contributed by atoms with van der Waals surface area (Å²) < 4.78 is 0. The average molecular weight is 258 g/mol. The maximum atomic E-state index is 4.44. The summed E-state index contributed by atoms with van der Waals surface area (Å²) in [7, 11) is 0. The Balaban J connectivity index is 5.20. The van der Waals surface area contributed by atoms with Gasteiger partial charge in [-0.25, -0.2) is 0 Å². The third-order valence-electron chi connectivity index (χ3n) is 2.43. The molecule has 1 heteroatoms. The summed E-state index contributed by atoms with van der Waals surface area (Å²) in [5.74, 6) is 0. The van der Waals surface area contributed by atoms with Gasteiger partial charge in [0.2, 0.25) is 0 Å². The molecule has 0 unspecified atom stereocenters. The van der Waals surface area contributed by atoms with Gasteiger partial charge in [0.15, 0.2) is 0 Å². The highest BCUT2D eigenvalue weighted by molar-refractivity contribution is 7.81. The zero-order valence-electron chi connectivity index (χ0n) is 11.1. The third kappa shape index (κ3) is 5.74. The summed E-state index contributed by atoms with van der Waals surface area (Å²) in [6.45, 7) is 17.4. The van der Waals surface area contributed by atoms with Crippen LogP contribution < -0.4 is 0 Å². The zero-order chi connectivity index (χ0) is 14.0. The minimum atomic E-state index is 0.251. The number of hydrogen-bond acceptors (Lipinski definition) is 1. The minimum absolute atomic E-state index is 0.251. The van der Waals surface area contributed by atoms with Crippen molar-refractivity contribution in [3.05, 3.63) is 85.6 Å². The Kier molecular flexibility index (Phi) is 8.77. The maximum absolute atomic E-state index is 4.44. The van der Waals surface area contributed by atoms with E-state index in [2.05, 4.69) is 51.9 Å². The summed E-state index contributed by atoms with van der Waals surface area (Å²) in [5, 5.41) is 0.251. The van der Waals surface area contributed by atoms with Crippen LogP contribution in [0.5, 0.6) is 0 Å². The summed E-state index contributed by atoms with van der Waals surface area (Å²) in [4.78, 5) is 0. The molecule has 0 aliphatic heterocycles. The van der Waals surface area contributed by atoms with Crippen LogP contribution in [0.25, 0.3) is 0 Å². The van der Waals surface area contributed by atoms with Gasteiger partial charge < -0.3 is 0 Å². The molecule has 18 heavy (non-hydrogen) atoms. The largest absolute Gasteiger partial charge is 0.172 e. The zero-order valence-corrected chi connectivity index (χ0v) is 12.0. The SMILES string of the molecule is C=C/C=C(\C=C)C(=C)C(/C=C\[C@@H](S)CC)=C/C=C. The molecular formula is C17H22S. The van der Waals surface area contributed by atoms with Crippen LogP contribution in [0.2, 0.25) is 0 Å². The molecule has 0 saturated carbocycles. The fourth-order valence-electron chi connectivity index (χ4n) is 1.32. The molecule has 0 nitrogen and oxygen atoms in total. The Hall–Kier alpha value is -1.47. The predicted molar refractivity (Wildman–Crippen MR) is 88.1 cm³/mol. The van der Waals surface area contributed by atoms with E-state index in [9.17, 15) is 0 Å². The van der Waals surface area contributed by atoms with E-state index in [0.717, 1.165) is 23.1 Å². The highest BCUT2D eigenvalue weighted by atomic mass is 32.1. The third-order valence-corrected chi connectivity index (χ3v) is 2.97. The lowest BCUT2D eigenvalue weighted by Crippen LogP contribution is -1.92. The van der Waals surface area contributed by atoms with E-state index in [1.54, 1.807) is 18.2 Å². The molecular weight excluding hydrogens is 236 g/mol. The van der Waals surface area contributed by atoms with Crippen molar-refractivity contribution < 1.29 is 0 Å². The fourth-order valence-corrected chi connectivity index (χ4v) is 1.41. The van der Waals surface area contributed by atoms with Gasteiger partial charge in [-0.1, -0.05) is 75.8 Å². The van der Waals surface area contributed by atoms with Crippen molar-refractivity contribution >= 4 is 12.6 Å². The smallest absolute Gasteiger partial charge is 0.0197 e. The monoisotopic (exact) mass is 258 g/mol. The Bertz CT molecular complexity index is 405. The number of thiol groups is 1. The lowest BCUT2D eigenvalue weighted by atomic mass is 9.98. The van der Waals surface area contributed by atoms with E-state index in [4.69, 9.17) is 0 Å². The van der Waals surface area contributed by atoms with Gasteiger partial charge in [-0.3, -0.25) is 0 Å². The summed E-state index contributed by atoms with van der Waals surface area (Å²) in [6.07, 6.45) is 14.1. The van der Waals surface area contributed by atoms with Gasteiger partial charge in [-0.05, 0) is 23.1 Å². The van der Waals surface area contributed by atoms with Gasteiger partial charge in [0.1, 0.15) is 0 Å². The van der Waals surface area contributed by atoms with Gasteiger partial charge in [-0.15, -0.1) is 0 Å².